The van der Waals surface area contributed by atoms with Crippen LogP contribution in [0.25, 0.3) is 11.0 Å². The van der Waals surface area contributed by atoms with Crippen molar-refractivity contribution < 1.29 is 4.79 Å². The highest BCUT2D eigenvalue weighted by Crippen LogP contribution is 2.29. The number of carbonyl (C=O) groups is 1. The Morgan fingerprint density at radius 2 is 1.81 bits per heavy atom. The topological polar surface area (TPSA) is 71.8 Å². The molecule has 0 aliphatic heterocycles. The Bertz CT molecular complexity index is 1240. The van der Waals surface area contributed by atoms with E-state index < -0.39 is 0 Å². The summed E-state index contributed by atoms with van der Waals surface area (Å²) < 4.78 is 2.06. The second kappa shape index (κ2) is 8.46. The number of nitrogens with zero attached hydrogens (tertiary/aromatic N) is 3. The molecule has 1 atom stereocenters. The van der Waals surface area contributed by atoms with Gasteiger partial charge in [0, 0.05) is 35.2 Å². The van der Waals surface area contributed by atoms with Crippen molar-refractivity contribution in [2.75, 3.05) is 5.32 Å². The lowest BCUT2D eigenvalue weighted by Crippen LogP contribution is -2.27. The number of rotatable bonds is 5. The molecule has 0 aliphatic carbocycles. The number of hydrogen-bond acceptors (Lipinski definition) is 4. The molecule has 32 heavy (non-hydrogen) atoms. The molecular formula is C26H29N5O. The summed E-state index contributed by atoms with van der Waals surface area (Å²) in [6.45, 7) is 10.3. The summed E-state index contributed by atoms with van der Waals surface area (Å²) in [4.78, 5) is 22.2. The average Bonchev–Trinajstić information content (AvgIpc) is 3.15. The van der Waals surface area contributed by atoms with Gasteiger partial charge in [0.15, 0.2) is 0 Å². The van der Waals surface area contributed by atoms with E-state index in [1.165, 1.54) is 5.56 Å². The molecule has 0 saturated heterocycles. The summed E-state index contributed by atoms with van der Waals surface area (Å²) in [5, 5.41) is 7.28. The van der Waals surface area contributed by atoms with Crippen molar-refractivity contribution in [3.63, 3.8) is 0 Å². The minimum Gasteiger partial charge on any atom is -0.345 e. The molecule has 0 fully saturated rings. The minimum absolute atomic E-state index is 0.129. The maximum Gasteiger partial charge on any atom is 0.253 e. The monoisotopic (exact) mass is 427 g/mol. The van der Waals surface area contributed by atoms with Crippen LogP contribution in [-0.4, -0.2) is 20.4 Å². The van der Waals surface area contributed by atoms with Crippen molar-refractivity contribution in [2.24, 2.45) is 0 Å². The molecule has 1 unspecified atom stereocenters. The van der Waals surface area contributed by atoms with Crippen LogP contribution in [0.1, 0.15) is 55.2 Å². The van der Waals surface area contributed by atoms with Crippen LogP contribution in [0.4, 0.5) is 11.5 Å². The fourth-order valence-electron chi connectivity index (χ4n) is 3.64. The van der Waals surface area contributed by atoms with Crippen LogP contribution in [0.2, 0.25) is 0 Å². The molecule has 1 amide bonds. The van der Waals surface area contributed by atoms with E-state index in [9.17, 15) is 4.79 Å². The van der Waals surface area contributed by atoms with Gasteiger partial charge in [-0.2, -0.15) is 0 Å². The summed E-state index contributed by atoms with van der Waals surface area (Å²) >= 11 is 0. The van der Waals surface area contributed by atoms with Gasteiger partial charge in [0.2, 0.25) is 0 Å². The lowest BCUT2D eigenvalue weighted by Gasteiger charge is -2.22. The van der Waals surface area contributed by atoms with E-state index in [2.05, 4.69) is 60.0 Å². The summed E-state index contributed by atoms with van der Waals surface area (Å²) in [6, 6.07) is 15.7. The van der Waals surface area contributed by atoms with E-state index in [0.717, 1.165) is 28.1 Å². The molecular weight excluding hydrogens is 398 g/mol. The van der Waals surface area contributed by atoms with Gasteiger partial charge in [0.05, 0.1) is 11.6 Å². The van der Waals surface area contributed by atoms with Crippen molar-refractivity contribution in [3.8, 4) is 0 Å². The molecule has 4 rings (SSSR count). The lowest BCUT2D eigenvalue weighted by atomic mass is 10.1. The molecule has 164 valence electrons. The number of benzene rings is 1. The van der Waals surface area contributed by atoms with Crippen LogP contribution >= 0.6 is 0 Å². The number of amides is 1. The Balaban J connectivity index is 1.68. The number of hydrogen-bond donors (Lipinski definition) is 2. The second-order valence-electron chi connectivity index (χ2n) is 9.12. The fourth-order valence-corrected chi connectivity index (χ4v) is 3.64. The van der Waals surface area contributed by atoms with Gasteiger partial charge in [-0.05, 0) is 70.5 Å². The molecule has 4 aromatic rings. The van der Waals surface area contributed by atoms with E-state index in [1.807, 2.05) is 49.5 Å². The zero-order valence-corrected chi connectivity index (χ0v) is 19.2. The zero-order chi connectivity index (χ0) is 22.9. The van der Waals surface area contributed by atoms with Gasteiger partial charge in [-0.25, -0.2) is 4.98 Å². The highest BCUT2D eigenvalue weighted by molar-refractivity contribution is 6.06. The van der Waals surface area contributed by atoms with E-state index in [-0.39, 0.29) is 17.5 Å². The number of aryl methyl sites for hydroxylation is 1. The number of pyridine rings is 2. The van der Waals surface area contributed by atoms with E-state index >= 15 is 0 Å². The van der Waals surface area contributed by atoms with E-state index in [1.54, 1.807) is 12.4 Å². The Kier molecular flexibility index (Phi) is 5.70. The maximum absolute atomic E-state index is 13.2. The molecule has 0 bridgehead atoms. The first-order valence-corrected chi connectivity index (χ1v) is 10.8. The summed E-state index contributed by atoms with van der Waals surface area (Å²) in [6.07, 6.45) is 5.40. The predicted octanol–water partition coefficient (Wildman–Crippen LogP) is 5.73. The highest BCUT2D eigenvalue weighted by Gasteiger charge is 2.24. The van der Waals surface area contributed by atoms with Crippen LogP contribution in [0, 0.1) is 6.92 Å². The highest BCUT2D eigenvalue weighted by atomic mass is 16.1. The first kappa shape index (κ1) is 21.6. The van der Waals surface area contributed by atoms with Gasteiger partial charge in [0.25, 0.3) is 5.91 Å². The van der Waals surface area contributed by atoms with Crippen LogP contribution in [0.3, 0.4) is 0 Å². The van der Waals surface area contributed by atoms with Gasteiger partial charge in [-0.1, -0.05) is 23.8 Å². The van der Waals surface area contributed by atoms with Crippen molar-refractivity contribution in [1.82, 2.24) is 19.9 Å². The Morgan fingerprint density at radius 1 is 1.06 bits per heavy atom. The molecule has 3 heterocycles. The summed E-state index contributed by atoms with van der Waals surface area (Å²) in [5.74, 6) is 0.607. The largest absolute Gasteiger partial charge is 0.345 e. The Hall–Kier alpha value is -3.67. The number of nitrogens with one attached hydrogen (secondary N) is 2. The number of anilines is 2. The van der Waals surface area contributed by atoms with Gasteiger partial charge in [0.1, 0.15) is 11.5 Å². The summed E-state index contributed by atoms with van der Waals surface area (Å²) in [5.41, 5.74) is 4.29. The Labute approximate surface area is 188 Å². The van der Waals surface area contributed by atoms with Crippen LogP contribution < -0.4 is 10.6 Å². The van der Waals surface area contributed by atoms with Crippen LogP contribution in [0.15, 0.2) is 67.1 Å². The smallest absolute Gasteiger partial charge is 0.253 e. The molecule has 1 aromatic carbocycles. The number of carbonyl (C=O) groups excluding carboxylic acids is 1. The van der Waals surface area contributed by atoms with Gasteiger partial charge in [-0.3, -0.25) is 9.78 Å². The predicted molar refractivity (Wildman–Crippen MR) is 129 cm³/mol. The number of fused-ring (bicyclic) bond motifs is 1. The molecule has 0 spiro atoms. The molecule has 6 heteroatoms. The van der Waals surface area contributed by atoms with E-state index in [4.69, 9.17) is 4.98 Å². The minimum atomic E-state index is -0.235. The molecule has 0 aliphatic rings. The molecule has 0 radical (unpaired) electrons. The standard InChI is InChI=1S/C26H29N5O/c1-17-8-10-20(11-9-17)29-23-13-12-21-22(16-31(24(21)30-23)26(3,4)5)25(32)28-18(2)19-7-6-14-27-15-19/h6-16,18H,1-5H3,(H,28,32)(H,29,30). The molecule has 0 saturated carbocycles. The molecule has 3 aromatic heterocycles. The van der Waals surface area contributed by atoms with Gasteiger partial charge >= 0.3 is 0 Å². The van der Waals surface area contributed by atoms with Gasteiger partial charge in [-0.15, -0.1) is 0 Å². The molecule has 6 nitrogen and oxygen atoms in total. The van der Waals surface area contributed by atoms with Crippen molar-refractivity contribution in [3.05, 3.63) is 83.8 Å². The lowest BCUT2D eigenvalue weighted by molar-refractivity contribution is 0.0941. The van der Waals surface area contributed by atoms with Crippen molar-refractivity contribution in [1.29, 1.82) is 0 Å². The van der Waals surface area contributed by atoms with Gasteiger partial charge < -0.3 is 15.2 Å². The first-order valence-electron chi connectivity index (χ1n) is 10.8. The van der Waals surface area contributed by atoms with Crippen LogP contribution in [-0.2, 0) is 5.54 Å². The summed E-state index contributed by atoms with van der Waals surface area (Å²) in [7, 11) is 0. The number of aromatic nitrogens is 3. The quantitative estimate of drug-likeness (QED) is 0.427. The van der Waals surface area contributed by atoms with E-state index in [0.29, 0.717) is 5.56 Å². The second-order valence-corrected chi connectivity index (χ2v) is 9.12. The fraction of sp³-hybridized carbons (Fsp3) is 0.269. The normalized spacial score (nSPS) is 12.5. The average molecular weight is 428 g/mol. The third-order valence-corrected chi connectivity index (χ3v) is 5.48. The van der Waals surface area contributed by atoms with Crippen molar-refractivity contribution >= 4 is 28.4 Å². The SMILES string of the molecule is Cc1ccc(Nc2ccc3c(C(=O)NC(C)c4cccnc4)cn(C(C)(C)C)c3n2)cc1. The Morgan fingerprint density at radius 3 is 2.47 bits per heavy atom. The molecule has 2 N–H and O–H groups in total. The first-order chi connectivity index (χ1) is 15.2. The zero-order valence-electron chi connectivity index (χ0n) is 19.2. The van der Waals surface area contributed by atoms with Crippen LogP contribution in [0.5, 0.6) is 0 Å². The third kappa shape index (κ3) is 4.49. The maximum atomic E-state index is 13.2. The van der Waals surface area contributed by atoms with Crippen molar-refractivity contribution in [2.45, 2.75) is 46.2 Å². The third-order valence-electron chi connectivity index (χ3n) is 5.48.